The van der Waals surface area contributed by atoms with Crippen LogP contribution in [0.25, 0.3) is 0 Å². The van der Waals surface area contributed by atoms with Crippen molar-refractivity contribution in [3.63, 3.8) is 0 Å². The van der Waals surface area contributed by atoms with Gasteiger partial charge in [0.2, 0.25) is 5.88 Å². The van der Waals surface area contributed by atoms with Crippen LogP contribution in [0.15, 0.2) is 12.4 Å². The van der Waals surface area contributed by atoms with Gasteiger partial charge in [-0.1, -0.05) is 0 Å². The molecule has 138 valence electrons. The van der Waals surface area contributed by atoms with Crippen molar-refractivity contribution in [2.75, 3.05) is 13.2 Å². The second kappa shape index (κ2) is 7.56. The van der Waals surface area contributed by atoms with Crippen LogP contribution in [-0.4, -0.2) is 47.0 Å². The molecule has 1 amide bonds. The summed E-state index contributed by atoms with van der Waals surface area (Å²) in [5.74, 6) is 0.961. The summed E-state index contributed by atoms with van der Waals surface area (Å²) in [7, 11) is 0. The number of aromatic nitrogens is 2. The van der Waals surface area contributed by atoms with Gasteiger partial charge < -0.3 is 19.5 Å². The van der Waals surface area contributed by atoms with Crippen molar-refractivity contribution in [3.05, 3.63) is 18.1 Å². The van der Waals surface area contributed by atoms with Gasteiger partial charge in [-0.2, -0.15) is 0 Å². The predicted octanol–water partition coefficient (Wildman–Crippen LogP) is 2.81. The molecule has 7 heteroatoms. The van der Waals surface area contributed by atoms with Crippen LogP contribution >= 0.6 is 0 Å². The van der Waals surface area contributed by atoms with Gasteiger partial charge in [-0.3, -0.25) is 4.98 Å². The van der Waals surface area contributed by atoms with E-state index in [4.69, 9.17) is 14.2 Å². The van der Waals surface area contributed by atoms with Crippen molar-refractivity contribution in [2.24, 2.45) is 0 Å². The molecule has 2 aliphatic rings. The summed E-state index contributed by atoms with van der Waals surface area (Å²) in [4.78, 5) is 20.6. The first kappa shape index (κ1) is 17.9. The molecule has 0 radical (unpaired) electrons. The Balaban J connectivity index is 1.49. The Hall–Kier alpha value is -1.89. The average molecular weight is 349 g/mol. The highest BCUT2D eigenvalue weighted by molar-refractivity contribution is 5.68. The molecule has 0 bridgehead atoms. The molecule has 1 aliphatic heterocycles. The Morgan fingerprint density at radius 2 is 1.88 bits per heavy atom. The molecular weight excluding hydrogens is 322 g/mol. The highest BCUT2D eigenvalue weighted by atomic mass is 16.6. The zero-order chi connectivity index (χ0) is 17.9. The molecule has 1 N–H and O–H groups in total. The van der Waals surface area contributed by atoms with Crippen LogP contribution in [0, 0.1) is 0 Å². The standard InChI is InChI=1S/C18H27N3O4/c1-18(2,3)25-17(22)21-13-10-14(11-13)24-16-15(19-6-7-20-16)12-4-8-23-9-5-12/h6-7,12-14H,4-5,8-11H2,1-3H3,(H,21,22). The molecule has 1 aromatic rings. The van der Waals surface area contributed by atoms with Crippen molar-refractivity contribution in [1.29, 1.82) is 0 Å². The van der Waals surface area contributed by atoms with Crippen LogP contribution in [0.5, 0.6) is 5.88 Å². The van der Waals surface area contributed by atoms with Crippen molar-refractivity contribution in [2.45, 2.75) is 70.1 Å². The summed E-state index contributed by atoms with van der Waals surface area (Å²) in [5, 5.41) is 2.87. The smallest absolute Gasteiger partial charge is 0.407 e. The molecule has 1 saturated carbocycles. The number of hydrogen-bond acceptors (Lipinski definition) is 6. The minimum Gasteiger partial charge on any atom is -0.473 e. The maximum Gasteiger partial charge on any atom is 0.407 e. The minimum atomic E-state index is -0.484. The molecule has 2 heterocycles. The molecular formula is C18H27N3O4. The largest absolute Gasteiger partial charge is 0.473 e. The number of nitrogens with zero attached hydrogens (tertiary/aromatic N) is 2. The highest BCUT2D eigenvalue weighted by Gasteiger charge is 2.34. The van der Waals surface area contributed by atoms with E-state index in [0.717, 1.165) is 44.6 Å². The van der Waals surface area contributed by atoms with Crippen LogP contribution in [0.2, 0.25) is 0 Å². The van der Waals surface area contributed by atoms with Gasteiger partial charge in [0.25, 0.3) is 0 Å². The molecule has 0 unspecified atom stereocenters. The molecule has 1 saturated heterocycles. The van der Waals surface area contributed by atoms with E-state index >= 15 is 0 Å². The summed E-state index contributed by atoms with van der Waals surface area (Å²) in [6, 6.07) is 0.0862. The van der Waals surface area contributed by atoms with Crippen LogP contribution in [0.4, 0.5) is 4.79 Å². The number of nitrogens with one attached hydrogen (secondary N) is 1. The normalized spacial score (nSPS) is 24.3. The van der Waals surface area contributed by atoms with E-state index in [0.29, 0.717) is 11.8 Å². The monoisotopic (exact) mass is 349 g/mol. The molecule has 25 heavy (non-hydrogen) atoms. The van der Waals surface area contributed by atoms with Crippen molar-refractivity contribution in [3.8, 4) is 5.88 Å². The van der Waals surface area contributed by atoms with Gasteiger partial charge in [-0.25, -0.2) is 9.78 Å². The second-order valence-corrected chi connectivity index (χ2v) is 7.69. The van der Waals surface area contributed by atoms with Gasteiger partial charge in [0.1, 0.15) is 17.4 Å². The third-order valence-corrected chi connectivity index (χ3v) is 4.39. The summed E-state index contributed by atoms with van der Waals surface area (Å²) in [5.41, 5.74) is 0.441. The molecule has 7 nitrogen and oxygen atoms in total. The zero-order valence-corrected chi connectivity index (χ0v) is 15.2. The quantitative estimate of drug-likeness (QED) is 0.900. The summed E-state index contributed by atoms with van der Waals surface area (Å²) < 4.78 is 16.7. The first-order valence-corrected chi connectivity index (χ1v) is 8.95. The predicted molar refractivity (Wildman–Crippen MR) is 91.6 cm³/mol. The third-order valence-electron chi connectivity index (χ3n) is 4.39. The topological polar surface area (TPSA) is 82.6 Å². The molecule has 2 fully saturated rings. The van der Waals surface area contributed by atoms with Crippen molar-refractivity contribution < 1.29 is 19.0 Å². The maximum atomic E-state index is 11.8. The van der Waals surface area contributed by atoms with E-state index in [2.05, 4.69) is 15.3 Å². The van der Waals surface area contributed by atoms with Crippen LogP contribution in [0.3, 0.4) is 0 Å². The van der Waals surface area contributed by atoms with Crippen LogP contribution in [0.1, 0.15) is 58.1 Å². The van der Waals surface area contributed by atoms with E-state index < -0.39 is 5.60 Å². The zero-order valence-electron chi connectivity index (χ0n) is 15.2. The number of rotatable bonds is 4. The minimum absolute atomic E-state index is 0.0511. The van der Waals surface area contributed by atoms with Crippen molar-refractivity contribution >= 4 is 6.09 Å². The molecule has 0 atom stereocenters. The lowest BCUT2D eigenvalue weighted by atomic mass is 9.89. The number of amides is 1. The molecule has 3 rings (SSSR count). The van der Waals surface area contributed by atoms with Gasteiger partial charge in [0, 0.05) is 50.4 Å². The fraction of sp³-hybridized carbons (Fsp3) is 0.722. The number of carbonyl (C=O) groups excluding carboxylic acids is 1. The summed E-state index contributed by atoms with van der Waals surface area (Å²) >= 11 is 0. The second-order valence-electron chi connectivity index (χ2n) is 7.69. The van der Waals surface area contributed by atoms with Gasteiger partial charge in [0.15, 0.2) is 0 Å². The Bertz CT molecular complexity index is 590. The number of hydrogen-bond donors (Lipinski definition) is 1. The maximum absolute atomic E-state index is 11.8. The fourth-order valence-electron chi connectivity index (χ4n) is 3.09. The van der Waals surface area contributed by atoms with Crippen LogP contribution in [-0.2, 0) is 9.47 Å². The van der Waals surface area contributed by atoms with Crippen LogP contribution < -0.4 is 10.1 Å². The fourth-order valence-corrected chi connectivity index (χ4v) is 3.09. The lowest BCUT2D eigenvalue weighted by molar-refractivity contribution is 0.0347. The molecule has 1 aromatic heterocycles. The Labute approximate surface area is 148 Å². The van der Waals surface area contributed by atoms with E-state index in [1.54, 1.807) is 12.4 Å². The van der Waals surface area contributed by atoms with Gasteiger partial charge >= 0.3 is 6.09 Å². The molecule has 0 aromatic carbocycles. The van der Waals surface area contributed by atoms with Crippen molar-refractivity contribution in [1.82, 2.24) is 15.3 Å². The van der Waals surface area contributed by atoms with E-state index in [1.165, 1.54) is 0 Å². The number of carbonyl (C=O) groups is 1. The Morgan fingerprint density at radius 1 is 1.20 bits per heavy atom. The first-order valence-electron chi connectivity index (χ1n) is 8.95. The lowest BCUT2D eigenvalue weighted by Crippen LogP contribution is -2.50. The summed E-state index contributed by atoms with van der Waals surface area (Å²) in [6.07, 6.45) is 6.45. The average Bonchev–Trinajstić information content (AvgIpc) is 2.52. The first-order chi connectivity index (χ1) is 11.9. The number of ether oxygens (including phenoxy) is 3. The third kappa shape index (κ3) is 5.04. The van der Waals surface area contributed by atoms with E-state index in [1.807, 2.05) is 20.8 Å². The SMILES string of the molecule is CC(C)(C)OC(=O)NC1CC(Oc2nccnc2C2CCOCC2)C1. The van der Waals surface area contributed by atoms with E-state index in [9.17, 15) is 4.79 Å². The highest BCUT2D eigenvalue weighted by Crippen LogP contribution is 2.33. The Morgan fingerprint density at radius 3 is 2.56 bits per heavy atom. The van der Waals surface area contributed by atoms with Gasteiger partial charge in [0.05, 0.1) is 0 Å². The van der Waals surface area contributed by atoms with E-state index in [-0.39, 0.29) is 18.2 Å². The number of alkyl carbamates (subject to hydrolysis) is 1. The van der Waals surface area contributed by atoms with Gasteiger partial charge in [-0.15, -0.1) is 0 Å². The van der Waals surface area contributed by atoms with Gasteiger partial charge in [-0.05, 0) is 33.6 Å². The Kier molecular flexibility index (Phi) is 5.42. The molecule has 1 aliphatic carbocycles. The lowest BCUT2D eigenvalue weighted by Gasteiger charge is -2.36. The summed E-state index contributed by atoms with van der Waals surface area (Å²) in [6.45, 7) is 7.07. The molecule has 0 spiro atoms.